The molecule has 5 rings (SSSR count). The molecule has 0 saturated carbocycles. The third-order valence-corrected chi connectivity index (χ3v) is 5.77. The van der Waals surface area contributed by atoms with Crippen LogP contribution in [0.5, 0.6) is 0 Å². The Balaban J connectivity index is 1.19. The van der Waals surface area contributed by atoms with Crippen LogP contribution in [0, 0.1) is 5.92 Å². The van der Waals surface area contributed by atoms with Crippen LogP contribution in [-0.4, -0.2) is 34.2 Å². The van der Waals surface area contributed by atoms with E-state index in [9.17, 15) is 4.79 Å². The first kappa shape index (κ1) is 19.2. The van der Waals surface area contributed by atoms with Gasteiger partial charge in [0.2, 0.25) is 5.91 Å². The van der Waals surface area contributed by atoms with Crippen molar-refractivity contribution in [3.63, 3.8) is 0 Å². The molecule has 0 atom stereocenters. The van der Waals surface area contributed by atoms with Crippen LogP contribution in [0.3, 0.4) is 0 Å². The zero-order valence-corrected chi connectivity index (χ0v) is 17.1. The van der Waals surface area contributed by atoms with E-state index in [1.165, 1.54) is 0 Å². The number of carbonyl (C=O) groups is 1. The Bertz CT molecular complexity index is 1190. The molecule has 0 unspecified atom stereocenters. The molecule has 0 aliphatic carbocycles. The second-order valence-electron chi connectivity index (χ2n) is 7.81. The van der Waals surface area contributed by atoms with Crippen molar-refractivity contribution in [1.82, 2.24) is 15.2 Å². The average molecular weight is 409 g/mol. The summed E-state index contributed by atoms with van der Waals surface area (Å²) in [6, 6.07) is 23.9. The molecule has 4 aromatic rings. The quantitative estimate of drug-likeness (QED) is 0.536. The lowest BCUT2D eigenvalue weighted by molar-refractivity contribution is -0.120. The molecule has 2 aromatic carbocycles. The Morgan fingerprint density at radius 3 is 2.45 bits per heavy atom. The van der Waals surface area contributed by atoms with Crippen molar-refractivity contribution in [3.8, 4) is 11.3 Å². The second kappa shape index (κ2) is 8.52. The van der Waals surface area contributed by atoms with Crippen LogP contribution in [0.25, 0.3) is 22.2 Å². The van der Waals surface area contributed by atoms with E-state index in [0.717, 1.165) is 59.6 Å². The van der Waals surface area contributed by atoms with E-state index in [4.69, 9.17) is 0 Å². The number of piperidine rings is 1. The van der Waals surface area contributed by atoms with Crippen LogP contribution in [0.2, 0.25) is 0 Å². The van der Waals surface area contributed by atoms with Gasteiger partial charge >= 0.3 is 0 Å². The number of hydrogen-bond donors (Lipinski definition) is 1. The van der Waals surface area contributed by atoms with Gasteiger partial charge in [0.15, 0.2) is 5.82 Å². The summed E-state index contributed by atoms with van der Waals surface area (Å²) in [5, 5.41) is 12.9. The van der Waals surface area contributed by atoms with E-state index in [-0.39, 0.29) is 11.8 Å². The lowest BCUT2D eigenvalue weighted by Gasteiger charge is -2.31. The third-order valence-electron chi connectivity index (χ3n) is 5.77. The number of nitrogens with zero attached hydrogens (tertiary/aromatic N) is 4. The fraction of sp³-hybridized carbons (Fsp3) is 0.200. The predicted molar refractivity (Wildman–Crippen MR) is 123 cm³/mol. The highest BCUT2D eigenvalue weighted by Crippen LogP contribution is 2.25. The van der Waals surface area contributed by atoms with Gasteiger partial charge in [0.05, 0.1) is 23.1 Å². The van der Waals surface area contributed by atoms with E-state index in [0.29, 0.717) is 0 Å². The number of hydrogen-bond acceptors (Lipinski definition) is 5. The maximum absolute atomic E-state index is 12.8. The minimum absolute atomic E-state index is 0.0146. The van der Waals surface area contributed by atoms with Crippen molar-refractivity contribution in [2.75, 3.05) is 23.3 Å². The number of rotatable bonds is 4. The maximum Gasteiger partial charge on any atom is 0.227 e. The van der Waals surface area contributed by atoms with Gasteiger partial charge in [-0.05, 0) is 37.1 Å². The Morgan fingerprint density at radius 2 is 1.68 bits per heavy atom. The normalized spacial score (nSPS) is 14.5. The van der Waals surface area contributed by atoms with Gasteiger partial charge in [-0.2, -0.15) is 0 Å². The number of anilines is 2. The molecule has 0 radical (unpaired) electrons. The van der Waals surface area contributed by atoms with Crippen molar-refractivity contribution in [2.24, 2.45) is 5.92 Å². The minimum atomic E-state index is -0.0146. The summed E-state index contributed by atoms with van der Waals surface area (Å²) < 4.78 is 0. The molecule has 1 N–H and O–H groups in total. The molecule has 6 heteroatoms. The average Bonchev–Trinajstić information content (AvgIpc) is 2.85. The van der Waals surface area contributed by atoms with E-state index in [1.807, 2.05) is 72.8 Å². The minimum Gasteiger partial charge on any atom is -0.355 e. The van der Waals surface area contributed by atoms with Gasteiger partial charge in [0.1, 0.15) is 0 Å². The molecular formula is C25H23N5O. The Kier molecular flexibility index (Phi) is 5.27. The lowest BCUT2D eigenvalue weighted by Crippen LogP contribution is -2.38. The second-order valence-corrected chi connectivity index (χ2v) is 7.81. The number of fused-ring (bicyclic) bond motifs is 1. The largest absolute Gasteiger partial charge is 0.355 e. The molecule has 1 aliphatic heterocycles. The summed E-state index contributed by atoms with van der Waals surface area (Å²) in [5.74, 6) is 0.902. The van der Waals surface area contributed by atoms with Gasteiger partial charge < -0.3 is 10.2 Å². The van der Waals surface area contributed by atoms with Gasteiger partial charge in [-0.1, -0.05) is 48.5 Å². The van der Waals surface area contributed by atoms with Crippen molar-refractivity contribution in [3.05, 3.63) is 79.0 Å². The number of benzene rings is 2. The molecule has 154 valence electrons. The fourth-order valence-corrected chi connectivity index (χ4v) is 4.01. The number of carbonyl (C=O) groups excluding carboxylic acids is 1. The lowest BCUT2D eigenvalue weighted by atomic mass is 9.96. The van der Waals surface area contributed by atoms with Crippen LogP contribution in [0.1, 0.15) is 12.8 Å². The van der Waals surface area contributed by atoms with E-state index >= 15 is 0 Å². The molecular weight excluding hydrogens is 386 g/mol. The smallest absolute Gasteiger partial charge is 0.227 e. The van der Waals surface area contributed by atoms with Gasteiger partial charge in [0, 0.05) is 30.0 Å². The number of para-hydroxylation sites is 1. The summed E-state index contributed by atoms with van der Waals surface area (Å²) in [4.78, 5) is 19.4. The van der Waals surface area contributed by atoms with E-state index in [1.54, 1.807) is 6.20 Å². The fourth-order valence-electron chi connectivity index (χ4n) is 4.01. The molecule has 3 heterocycles. The molecule has 31 heavy (non-hydrogen) atoms. The Labute approximate surface area is 181 Å². The zero-order chi connectivity index (χ0) is 21.0. The summed E-state index contributed by atoms with van der Waals surface area (Å²) in [7, 11) is 0. The van der Waals surface area contributed by atoms with Crippen molar-refractivity contribution >= 4 is 28.3 Å². The summed E-state index contributed by atoms with van der Waals surface area (Å²) in [6.45, 7) is 1.57. The first-order valence-electron chi connectivity index (χ1n) is 10.6. The number of nitrogens with one attached hydrogen (secondary N) is 1. The predicted octanol–water partition coefficient (Wildman–Crippen LogP) is 4.55. The van der Waals surface area contributed by atoms with Crippen molar-refractivity contribution in [2.45, 2.75) is 12.8 Å². The monoisotopic (exact) mass is 409 g/mol. The number of amides is 1. The van der Waals surface area contributed by atoms with Crippen LogP contribution >= 0.6 is 0 Å². The van der Waals surface area contributed by atoms with Gasteiger partial charge in [-0.25, -0.2) is 0 Å². The first-order chi connectivity index (χ1) is 15.3. The van der Waals surface area contributed by atoms with Crippen molar-refractivity contribution in [1.29, 1.82) is 0 Å². The summed E-state index contributed by atoms with van der Waals surface area (Å²) in [6.07, 6.45) is 3.29. The highest BCUT2D eigenvalue weighted by atomic mass is 16.1. The van der Waals surface area contributed by atoms with E-state index in [2.05, 4.69) is 25.4 Å². The third kappa shape index (κ3) is 4.23. The summed E-state index contributed by atoms with van der Waals surface area (Å²) >= 11 is 0. The highest BCUT2D eigenvalue weighted by molar-refractivity contribution is 5.94. The zero-order valence-electron chi connectivity index (χ0n) is 17.1. The molecule has 6 nitrogen and oxygen atoms in total. The molecule has 1 aliphatic rings. The molecule has 1 saturated heterocycles. The van der Waals surface area contributed by atoms with Gasteiger partial charge in [0.25, 0.3) is 0 Å². The Hall–Kier alpha value is -3.80. The topological polar surface area (TPSA) is 71.0 Å². The molecule has 1 fully saturated rings. The SMILES string of the molecule is O=C(Nc1cnc2ccccc2c1)C1CCN(c2ccc(-c3ccccc3)nn2)CC1. The number of pyridine rings is 1. The van der Waals surface area contributed by atoms with E-state index < -0.39 is 0 Å². The first-order valence-corrected chi connectivity index (χ1v) is 10.6. The highest BCUT2D eigenvalue weighted by Gasteiger charge is 2.26. The Morgan fingerprint density at radius 1 is 0.903 bits per heavy atom. The van der Waals surface area contributed by atoms with Gasteiger partial charge in [-0.3, -0.25) is 9.78 Å². The van der Waals surface area contributed by atoms with Crippen LogP contribution < -0.4 is 10.2 Å². The van der Waals surface area contributed by atoms with Crippen LogP contribution in [-0.2, 0) is 4.79 Å². The molecule has 1 amide bonds. The molecule has 0 bridgehead atoms. The maximum atomic E-state index is 12.8. The van der Waals surface area contributed by atoms with Crippen LogP contribution in [0.15, 0.2) is 79.0 Å². The van der Waals surface area contributed by atoms with Crippen LogP contribution in [0.4, 0.5) is 11.5 Å². The summed E-state index contributed by atoms with van der Waals surface area (Å²) in [5.41, 5.74) is 3.59. The number of aromatic nitrogens is 3. The standard InChI is InChI=1S/C25H23N5O/c31-25(27-21-16-20-8-4-5-9-22(20)26-17-21)19-12-14-30(15-13-19)24-11-10-23(28-29-24)18-6-2-1-3-7-18/h1-11,16-17,19H,12-15H2,(H,27,31). The molecule has 0 spiro atoms. The molecule has 2 aromatic heterocycles. The van der Waals surface area contributed by atoms with Crippen molar-refractivity contribution < 1.29 is 4.79 Å². The van der Waals surface area contributed by atoms with Gasteiger partial charge in [-0.15, -0.1) is 10.2 Å².